The highest BCUT2D eigenvalue weighted by molar-refractivity contribution is 9.09. The van der Waals surface area contributed by atoms with E-state index in [1.54, 1.807) is 0 Å². The van der Waals surface area contributed by atoms with Gasteiger partial charge in [-0.25, -0.2) is 0 Å². The van der Waals surface area contributed by atoms with Crippen molar-refractivity contribution in [3.63, 3.8) is 0 Å². The maximum atomic E-state index is 10.8. The maximum Gasteiger partial charge on any atom is 0.167 e. The van der Waals surface area contributed by atoms with Crippen molar-refractivity contribution in [3.8, 4) is 0 Å². The number of hydrogen-bond donors (Lipinski definition) is 1. The van der Waals surface area contributed by atoms with Crippen molar-refractivity contribution in [2.75, 3.05) is 7.11 Å². The molecule has 1 rings (SSSR count). The van der Waals surface area contributed by atoms with E-state index < -0.39 is 0 Å². The van der Waals surface area contributed by atoms with Crippen LogP contribution < -0.4 is 5.32 Å². The van der Waals surface area contributed by atoms with Crippen LogP contribution in [0.5, 0.6) is 0 Å². The highest BCUT2D eigenvalue weighted by Gasteiger charge is 2.05. The molecule has 1 N–H and O–H groups in total. The number of oxime groups is 1. The molecule has 4 nitrogen and oxygen atoms in total. The Labute approximate surface area is 116 Å². The molecule has 98 valence electrons. The van der Waals surface area contributed by atoms with Crippen LogP contribution in [0.3, 0.4) is 0 Å². The largest absolute Gasteiger partial charge is 0.399 e. The van der Waals surface area contributed by atoms with Crippen molar-refractivity contribution in [1.29, 1.82) is 0 Å². The number of carbonyl (C=O) groups is 1. The van der Waals surface area contributed by atoms with Gasteiger partial charge in [0.05, 0.1) is 0 Å². The maximum absolute atomic E-state index is 10.8. The predicted molar refractivity (Wildman–Crippen MR) is 76.6 cm³/mol. The van der Waals surface area contributed by atoms with Crippen molar-refractivity contribution in [2.24, 2.45) is 5.16 Å². The van der Waals surface area contributed by atoms with Gasteiger partial charge >= 0.3 is 0 Å². The molecular weight excluding hydrogens is 296 g/mol. The van der Waals surface area contributed by atoms with Crippen LogP contribution in [0.1, 0.15) is 19.8 Å². The summed E-state index contributed by atoms with van der Waals surface area (Å²) in [5.74, 6) is 0. The zero-order valence-electron chi connectivity index (χ0n) is 10.5. The van der Waals surface area contributed by atoms with Crippen LogP contribution >= 0.6 is 15.9 Å². The van der Waals surface area contributed by atoms with E-state index in [0.29, 0.717) is 18.4 Å². The monoisotopic (exact) mass is 312 g/mol. The third-order valence-corrected chi connectivity index (χ3v) is 3.06. The molecule has 0 saturated carbocycles. The molecule has 0 amide bonds. The highest BCUT2D eigenvalue weighted by atomic mass is 79.9. The topological polar surface area (TPSA) is 50.7 Å². The number of rotatable bonds is 4. The van der Waals surface area contributed by atoms with Gasteiger partial charge in [-0.15, -0.1) is 0 Å². The summed E-state index contributed by atoms with van der Waals surface area (Å²) < 4.78 is 0. The summed E-state index contributed by atoms with van der Waals surface area (Å²) in [6, 6.07) is 0. The van der Waals surface area contributed by atoms with Crippen LogP contribution in [0.4, 0.5) is 0 Å². The summed E-state index contributed by atoms with van der Waals surface area (Å²) in [5, 5.41) is 6.85. The van der Waals surface area contributed by atoms with E-state index in [2.05, 4.69) is 43.4 Å². The lowest BCUT2D eigenvalue weighted by Crippen LogP contribution is -2.06. The number of nitrogens with zero attached hydrogens (tertiary/aromatic N) is 1. The van der Waals surface area contributed by atoms with E-state index in [9.17, 15) is 4.79 Å². The van der Waals surface area contributed by atoms with E-state index >= 15 is 0 Å². The molecule has 1 aliphatic rings. The van der Waals surface area contributed by atoms with Gasteiger partial charge in [0, 0.05) is 23.1 Å². The van der Waals surface area contributed by atoms with Crippen molar-refractivity contribution in [1.82, 2.24) is 5.32 Å². The van der Waals surface area contributed by atoms with Crippen molar-refractivity contribution in [2.45, 2.75) is 24.6 Å². The molecular formula is C13H17BrN2O2. The Morgan fingerprint density at radius 3 is 3.17 bits per heavy atom. The van der Waals surface area contributed by atoms with Gasteiger partial charge in [-0.2, -0.15) is 0 Å². The molecule has 0 aromatic rings. The Balaban J connectivity index is 2.84. The Morgan fingerprint density at radius 2 is 2.50 bits per heavy atom. The normalized spacial score (nSPS) is 28.4. The first-order valence-corrected chi connectivity index (χ1v) is 6.57. The molecule has 1 atom stereocenters. The SMILES string of the molecule is CO/N=C(/C=O)CC1=C/N/C(C)=C/CC(Br)\C=C\1. The number of halogens is 1. The molecule has 0 aromatic heterocycles. The Morgan fingerprint density at radius 1 is 1.72 bits per heavy atom. The fourth-order valence-electron chi connectivity index (χ4n) is 1.44. The minimum atomic E-state index is 0.287. The van der Waals surface area contributed by atoms with Crippen molar-refractivity contribution < 1.29 is 9.63 Å². The fourth-order valence-corrected chi connectivity index (χ4v) is 1.78. The number of hydrogen-bond acceptors (Lipinski definition) is 4. The van der Waals surface area contributed by atoms with E-state index in [1.165, 1.54) is 7.11 Å². The van der Waals surface area contributed by atoms with Crippen LogP contribution in [0.15, 0.2) is 40.9 Å². The number of allylic oxidation sites excluding steroid dienone is 5. The first-order valence-electron chi connectivity index (χ1n) is 5.65. The smallest absolute Gasteiger partial charge is 0.167 e. The Kier molecular flexibility index (Phi) is 6.43. The molecule has 1 unspecified atom stereocenters. The summed E-state index contributed by atoms with van der Waals surface area (Å²) >= 11 is 3.57. The highest BCUT2D eigenvalue weighted by Crippen LogP contribution is 2.14. The zero-order chi connectivity index (χ0) is 13.4. The van der Waals surface area contributed by atoms with E-state index in [0.717, 1.165) is 17.7 Å². The Bertz CT molecular complexity index is 411. The third kappa shape index (κ3) is 5.31. The molecule has 0 spiro atoms. The second kappa shape index (κ2) is 7.87. The lowest BCUT2D eigenvalue weighted by atomic mass is 10.1. The molecule has 0 radical (unpaired) electrons. The van der Waals surface area contributed by atoms with Crippen LogP contribution in [-0.4, -0.2) is 23.9 Å². The van der Waals surface area contributed by atoms with Gasteiger partial charge in [0.25, 0.3) is 0 Å². The number of aldehydes is 1. The van der Waals surface area contributed by atoms with Gasteiger partial charge in [0.1, 0.15) is 12.8 Å². The van der Waals surface area contributed by atoms with Gasteiger partial charge in [-0.05, 0) is 18.9 Å². The molecule has 0 aliphatic carbocycles. The second-order valence-electron chi connectivity index (χ2n) is 3.92. The van der Waals surface area contributed by atoms with Crippen LogP contribution in [0, 0.1) is 0 Å². The van der Waals surface area contributed by atoms with Gasteiger partial charge in [-0.3, -0.25) is 4.79 Å². The molecule has 0 fully saturated rings. The second-order valence-corrected chi connectivity index (χ2v) is 5.10. The average molecular weight is 313 g/mol. The molecule has 0 bridgehead atoms. The van der Waals surface area contributed by atoms with E-state index in [1.807, 2.05) is 19.2 Å². The van der Waals surface area contributed by atoms with Crippen LogP contribution in [0.2, 0.25) is 0 Å². The molecule has 0 aromatic carbocycles. The summed E-state index contributed by atoms with van der Waals surface area (Å²) in [5.41, 5.74) is 2.41. The van der Waals surface area contributed by atoms with Crippen molar-refractivity contribution >= 4 is 27.9 Å². The van der Waals surface area contributed by atoms with Crippen molar-refractivity contribution in [3.05, 3.63) is 35.7 Å². The first-order chi connectivity index (χ1) is 8.65. The molecule has 5 heteroatoms. The number of nitrogens with one attached hydrogen (secondary N) is 1. The number of alkyl halides is 1. The molecule has 0 saturated heterocycles. The van der Waals surface area contributed by atoms with E-state index in [4.69, 9.17) is 0 Å². The molecule has 1 heterocycles. The predicted octanol–water partition coefficient (Wildman–Crippen LogP) is 2.68. The lowest BCUT2D eigenvalue weighted by molar-refractivity contribution is -0.102. The zero-order valence-corrected chi connectivity index (χ0v) is 12.1. The Hall–Kier alpha value is -1.36. The first kappa shape index (κ1) is 14.7. The third-order valence-electron chi connectivity index (χ3n) is 2.38. The summed E-state index contributed by atoms with van der Waals surface area (Å²) in [6.45, 7) is 2.00. The van der Waals surface area contributed by atoms with Gasteiger partial charge in [0.2, 0.25) is 0 Å². The molecule has 1 aliphatic heterocycles. The van der Waals surface area contributed by atoms with Gasteiger partial charge < -0.3 is 10.2 Å². The van der Waals surface area contributed by atoms with Crippen LogP contribution in [0.25, 0.3) is 0 Å². The lowest BCUT2D eigenvalue weighted by Gasteiger charge is -2.03. The summed E-state index contributed by atoms with van der Waals surface area (Å²) in [7, 11) is 1.43. The quantitative estimate of drug-likeness (QED) is 0.376. The number of carbonyl (C=O) groups excluding carboxylic acids is 1. The summed E-state index contributed by atoms with van der Waals surface area (Å²) in [4.78, 5) is 15.7. The average Bonchev–Trinajstić information content (AvgIpc) is 2.44. The molecule has 18 heavy (non-hydrogen) atoms. The van der Waals surface area contributed by atoms with Crippen LogP contribution in [-0.2, 0) is 9.63 Å². The fraction of sp³-hybridized carbons (Fsp3) is 0.385. The minimum absolute atomic E-state index is 0.287. The summed E-state index contributed by atoms with van der Waals surface area (Å²) in [6.07, 6.45) is 10.1. The minimum Gasteiger partial charge on any atom is -0.399 e. The standard InChI is InChI=1S/C13H17BrN2O2/c1-10-3-5-12(14)6-4-11(8-15-10)7-13(9-17)16-18-2/h3-4,6,8-9,12,15H,5,7H2,1-2H3/b6-4+,10-3+,11-8+,16-13+. The van der Waals surface area contributed by atoms with Gasteiger partial charge in [0.15, 0.2) is 6.29 Å². The van der Waals surface area contributed by atoms with Gasteiger partial charge in [-0.1, -0.05) is 39.3 Å². The van der Waals surface area contributed by atoms with E-state index in [-0.39, 0.29) is 4.83 Å².